The van der Waals surface area contributed by atoms with Crippen molar-refractivity contribution in [3.63, 3.8) is 0 Å². The van der Waals surface area contributed by atoms with Gasteiger partial charge in [0.05, 0.1) is 0 Å². The summed E-state index contributed by atoms with van der Waals surface area (Å²) in [6.07, 6.45) is 2.04. The zero-order chi connectivity index (χ0) is 9.28. The van der Waals surface area contributed by atoms with Crippen molar-refractivity contribution in [3.8, 4) is 0 Å². The standard InChI is InChI=1S/C7H12O2.CH5N/c1-6(7(2)9)4-3-5-8;1-2/h5-6H,3-4H2,1-2H3;2H2,1H3. The van der Waals surface area contributed by atoms with E-state index in [1.807, 2.05) is 6.92 Å². The van der Waals surface area contributed by atoms with E-state index in [9.17, 15) is 9.59 Å². The van der Waals surface area contributed by atoms with Gasteiger partial charge < -0.3 is 10.5 Å². The maximum atomic E-state index is 10.5. The summed E-state index contributed by atoms with van der Waals surface area (Å²) in [6, 6.07) is 0. The molecule has 0 saturated carbocycles. The summed E-state index contributed by atoms with van der Waals surface area (Å²) < 4.78 is 0. The lowest BCUT2D eigenvalue weighted by molar-refractivity contribution is -0.120. The quantitative estimate of drug-likeness (QED) is 0.616. The van der Waals surface area contributed by atoms with Crippen LogP contribution >= 0.6 is 0 Å². The Balaban J connectivity index is 0. The first-order valence-corrected chi connectivity index (χ1v) is 3.70. The Hall–Kier alpha value is -0.700. The summed E-state index contributed by atoms with van der Waals surface area (Å²) in [5.41, 5.74) is 4.50. The summed E-state index contributed by atoms with van der Waals surface area (Å²) in [7, 11) is 1.50. The molecular weight excluding hydrogens is 142 g/mol. The van der Waals surface area contributed by atoms with E-state index in [4.69, 9.17) is 0 Å². The Kier molecular flexibility index (Phi) is 10.9. The maximum absolute atomic E-state index is 10.5. The van der Waals surface area contributed by atoms with Gasteiger partial charge in [-0.05, 0) is 20.4 Å². The van der Waals surface area contributed by atoms with E-state index < -0.39 is 0 Å². The number of nitrogens with two attached hydrogens (primary N) is 1. The number of hydrogen-bond acceptors (Lipinski definition) is 3. The molecule has 0 aliphatic carbocycles. The second-order valence-corrected chi connectivity index (χ2v) is 2.26. The Morgan fingerprint density at radius 2 is 2.00 bits per heavy atom. The van der Waals surface area contributed by atoms with Crippen molar-refractivity contribution in [1.29, 1.82) is 0 Å². The molecule has 0 saturated heterocycles. The third-order valence-corrected chi connectivity index (χ3v) is 1.41. The smallest absolute Gasteiger partial charge is 0.132 e. The molecule has 0 fully saturated rings. The minimum Gasteiger partial charge on any atom is -0.333 e. The van der Waals surface area contributed by atoms with Gasteiger partial charge in [0.2, 0.25) is 0 Å². The second-order valence-electron chi connectivity index (χ2n) is 2.26. The van der Waals surface area contributed by atoms with Crippen LogP contribution in [0.15, 0.2) is 0 Å². The summed E-state index contributed by atoms with van der Waals surface area (Å²) in [4.78, 5) is 20.4. The van der Waals surface area contributed by atoms with Gasteiger partial charge >= 0.3 is 0 Å². The van der Waals surface area contributed by atoms with E-state index >= 15 is 0 Å². The monoisotopic (exact) mass is 159 g/mol. The lowest BCUT2D eigenvalue weighted by Gasteiger charge is -2.01. The third kappa shape index (κ3) is 9.30. The molecule has 0 amide bonds. The Morgan fingerprint density at radius 1 is 1.55 bits per heavy atom. The van der Waals surface area contributed by atoms with Gasteiger partial charge in [-0.2, -0.15) is 0 Å². The van der Waals surface area contributed by atoms with E-state index in [0.717, 1.165) is 6.29 Å². The highest BCUT2D eigenvalue weighted by Crippen LogP contribution is 2.03. The number of aldehydes is 1. The van der Waals surface area contributed by atoms with Crippen molar-refractivity contribution in [2.75, 3.05) is 7.05 Å². The predicted octanol–water partition coefficient (Wildman–Crippen LogP) is 0.766. The summed E-state index contributed by atoms with van der Waals surface area (Å²) in [6.45, 7) is 3.39. The molecule has 0 heterocycles. The fraction of sp³-hybridized carbons (Fsp3) is 0.750. The van der Waals surface area contributed by atoms with E-state index in [-0.39, 0.29) is 11.7 Å². The molecule has 0 aliphatic rings. The molecule has 66 valence electrons. The van der Waals surface area contributed by atoms with Crippen LogP contribution in [-0.2, 0) is 9.59 Å². The molecule has 0 aromatic carbocycles. The van der Waals surface area contributed by atoms with Gasteiger partial charge in [0.25, 0.3) is 0 Å². The Morgan fingerprint density at radius 3 is 2.27 bits per heavy atom. The first-order chi connectivity index (χ1) is 5.18. The largest absolute Gasteiger partial charge is 0.333 e. The van der Waals surface area contributed by atoms with E-state index in [0.29, 0.717) is 12.8 Å². The summed E-state index contributed by atoms with van der Waals surface area (Å²) in [5, 5.41) is 0. The average molecular weight is 159 g/mol. The van der Waals surface area contributed by atoms with Crippen LogP contribution in [0.5, 0.6) is 0 Å². The highest BCUT2D eigenvalue weighted by molar-refractivity contribution is 5.78. The van der Waals surface area contributed by atoms with E-state index in [1.165, 1.54) is 7.05 Å². The van der Waals surface area contributed by atoms with Crippen molar-refractivity contribution in [3.05, 3.63) is 0 Å². The Labute approximate surface area is 68.0 Å². The minimum atomic E-state index is 0.0511. The molecule has 2 N–H and O–H groups in total. The van der Waals surface area contributed by atoms with Crippen LogP contribution in [0, 0.1) is 5.92 Å². The predicted molar refractivity (Wildman–Crippen MR) is 45.3 cm³/mol. The van der Waals surface area contributed by atoms with Crippen LogP contribution in [-0.4, -0.2) is 19.1 Å². The lowest BCUT2D eigenvalue weighted by atomic mass is 10.0. The second kappa shape index (κ2) is 9.30. The van der Waals surface area contributed by atoms with Gasteiger partial charge in [0.15, 0.2) is 0 Å². The fourth-order valence-electron chi connectivity index (χ4n) is 0.521. The van der Waals surface area contributed by atoms with Crippen LogP contribution in [0.3, 0.4) is 0 Å². The van der Waals surface area contributed by atoms with Crippen molar-refractivity contribution in [2.45, 2.75) is 26.7 Å². The first-order valence-electron chi connectivity index (χ1n) is 3.70. The van der Waals surface area contributed by atoms with E-state index in [2.05, 4.69) is 5.73 Å². The lowest BCUT2D eigenvalue weighted by Crippen LogP contribution is -2.05. The van der Waals surface area contributed by atoms with Crippen molar-refractivity contribution < 1.29 is 9.59 Å². The molecule has 0 aromatic heterocycles. The molecular formula is C8H17NO2. The van der Waals surface area contributed by atoms with Gasteiger partial charge in [-0.3, -0.25) is 4.79 Å². The highest BCUT2D eigenvalue weighted by atomic mass is 16.1. The molecule has 0 aliphatic heterocycles. The zero-order valence-electron chi connectivity index (χ0n) is 7.46. The maximum Gasteiger partial charge on any atom is 0.132 e. The zero-order valence-corrected chi connectivity index (χ0v) is 7.46. The molecule has 0 aromatic rings. The number of carbonyl (C=O) groups excluding carboxylic acids is 2. The van der Waals surface area contributed by atoms with Crippen molar-refractivity contribution >= 4 is 12.1 Å². The molecule has 3 heteroatoms. The topological polar surface area (TPSA) is 60.2 Å². The molecule has 3 nitrogen and oxygen atoms in total. The molecule has 0 spiro atoms. The number of ketones is 1. The van der Waals surface area contributed by atoms with Crippen LogP contribution in [0.4, 0.5) is 0 Å². The van der Waals surface area contributed by atoms with Gasteiger partial charge in [-0.15, -0.1) is 0 Å². The van der Waals surface area contributed by atoms with Gasteiger partial charge in [-0.1, -0.05) is 6.92 Å². The summed E-state index contributed by atoms with van der Waals surface area (Å²) in [5.74, 6) is 0.215. The van der Waals surface area contributed by atoms with Crippen LogP contribution in [0.2, 0.25) is 0 Å². The normalized spacial score (nSPS) is 10.9. The number of hydrogen-bond donors (Lipinski definition) is 1. The first kappa shape index (κ1) is 12.9. The number of Topliss-reactive ketones (excluding diaryl/α,β-unsaturated/α-hetero) is 1. The van der Waals surface area contributed by atoms with Crippen LogP contribution < -0.4 is 5.73 Å². The van der Waals surface area contributed by atoms with Crippen LogP contribution in [0.25, 0.3) is 0 Å². The molecule has 0 rings (SSSR count). The van der Waals surface area contributed by atoms with E-state index in [1.54, 1.807) is 6.92 Å². The third-order valence-electron chi connectivity index (χ3n) is 1.41. The van der Waals surface area contributed by atoms with Gasteiger partial charge in [0.1, 0.15) is 12.1 Å². The average Bonchev–Trinajstić information content (AvgIpc) is 2.03. The van der Waals surface area contributed by atoms with Crippen LogP contribution in [0.1, 0.15) is 26.7 Å². The van der Waals surface area contributed by atoms with Crippen molar-refractivity contribution in [2.24, 2.45) is 11.7 Å². The minimum absolute atomic E-state index is 0.0511. The van der Waals surface area contributed by atoms with Crippen molar-refractivity contribution in [1.82, 2.24) is 0 Å². The summed E-state index contributed by atoms with van der Waals surface area (Å²) >= 11 is 0. The number of rotatable bonds is 4. The van der Waals surface area contributed by atoms with Gasteiger partial charge in [-0.25, -0.2) is 0 Å². The highest BCUT2D eigenvalue weighted by Gasteiger charge is 2.04. The SMILES string of the molecule is CC(=O)C(C)CCC=O.CN. The molecule has 0 radical (unpaired) electrons. The molecule has 1 atom stereocenters. The Bertz CT molecular complexity index is 113. The molecule has 11 heavy (non-hydrogen) atoms. The van der Waals surface area contributed by atoms with Gasteiger partial charge in [0, 0.05) is 12.3 Å². The molecule has 1 unspecified atom stereocenters. The fourth-order valence-corrected chi connectivity index (χ4v) is 0.521. The molecule has 0 bridgehead atoms. The number of carbonyl (C=O) groups is 2.